The van der Waals surface area contributed by atoms with Crippen LogP contribution in [0.15, 0.2) is 0 Å². The first-order chi connectivity index (χ1) is 53.1. The number of hydrogen-bond donors (Lipinski definition) is 21. The van der Waals surface area contributed by atoms with Crippen LogP contribution >= 0.6 is 0 Å². The second-order valence-corrected chi connectivity index (χ2v) is 32.4. The molecule has 0 radical (unpaired) electrons. The summed E-state index contributed by atoms with van der Waals surface area (Å²) < 4.78 is 91.1. The van der Waals surface area contributed by atoms with Gasteiger partial charge in [-0.05, 0) is 98.7 Å². The van der Waals surface area contributed by atoms with Crippen LogP contribution in [0, 0.1) is 0 Å². The van der Waals surface area contributed by atoms with Gasteiger partial charge in [-0.25, -0.2) is 0 Å². The summed E-state index contributed by atoms with van der Waals surface area (Å²) in [4.78, 5) is 13.4. The second-order valence-electron chi connectivity index (χ2n) is 32.4. The number of nitrogens with one attached hydrogen (secondary N) is 7. The van der Waals surface area contributed by atoms with Crippen molar-refractivity contribution >= 4 is 0 Å². The summed E-state index contributed by atoms with van der Waals surface area (Å²) in [6.45, 7) is 5.42. The van der Waals surface area contributed by atoms with Crippen LogP contribution < -0.4 is 37.2 Å². The normalized spacial score (nSPS) is 42.2. The second kappa shape index (κ2) is 46.4. The molecule has 21 N–H and O–H groups in total. The first-order valence-corrected chi connectivity index (χ1v) is 39.3. The van der Waals surface area contributed by atoms with E-state index >= 15 is 0 Å². The zero-order chi connectivity index (χ0) is 81.9. The molecule has 21 aliphatic heterocycles. The number of rotatable bonds is 35. The molecule has 21 rings (SSSR count). The van der Waals surface area contributed by atoms with Gasteiger partial charge in [0.1, 0.15) is 171 Å². The van der Waals surface area contributed by atoms with Gasteiger partial charge in [-0.2, -0.15) is 0 Å². The van der Waals surface area contributed by atoms with Crippen LogP contribution in [0.5, 0.6) is 0 Å². The van der Waals surface area contributed by atoms with Crippen molar-refractivity contribution in [3.63, 3.8) is 0 Å². The van der Waals surface area contributed by atoms with Gasteiger partial charge in [0, 0.05) is 137 Å². The smallest absolute Gasteiger partial charge is 0.187 e. The van der Waals surface area contributed by atoms with E-state index in [0.717, 1.165) is 0 Å². The van der Waals surface area contributed by atoms with E-state index in [9.17, 15) is 71.5 Å². The summed E-state index contributed by atoms with van der Waals surface area (Å²) in [5.41, 5.74) is 0. The van der Waals surface area contributed by atoms with Gasteiger partial charge in [-0.15, -0.1) is 0 Å². The summed E-state index contributed by atoms with van der Waals surface area (Å²) in [7, 11) is 26.1. The van der Waals surface area contributed by atoms with Gasteiger partial charge in [0.15, 0.2) is 44.0 Å². The first kappa shape index (κ1) is 95.8. The Bertz CT molecular complexity index is 2140. The highest BCUT2D eigenvalue weighted by Crippen LogP contribution is 2.39. The molecule has 112 heavy (non-hydrogen) atoms. The van der Waals surface area contributed by atoms with Gasteiger partial charge < -0.3 is 209 Å². The van der Waals surface area contributed by atoms with Crippen molar-refractivity contribution in [2.75, 3.05) is 236 Å². The van der Waals surface area contributed by atoms with Gasteiger partial charge >= 0.3 is 0 Å². The van der Waals surface area contributed by atoms with Gasteiger partial charge in [0.2, 0.25) is 0 Å². The van der Waals surface area contributed by atoms with Crippen molar-refractivity contribution in [1.82, 2.24) is 71.5 Å². The van der Waals surface area contributed by atoms with Crippen LogP contribution in [0.2, 0.25) is 0 Å². The fourth-order valence-corrected chi connectivity index (χ4v) is 14.4. The Morgan fingerprint density at radius 2 is 0.277 bits per heavy atom. The van der Waals surface area contributed by atoms with E-state index < -0.39 is 215 Å². The first-order valence-electron chi connectivity index (χ1n) is 39.3. The largest absolute Gasteiger partial charge is 0.387 e. The molecule has 0 aromatic heterocycles. The molecule has 14 bridgehead atoms. The van der Waals surface area contributed by atoms with Crippen molar-refractivity contribution in [3.8, 4) is 0 Å². The Balaban J connectivity index is 1.21. The van der Waals surface area contributed by atoms with Gasteiger partial charge in [-0.3, -0.25) is 0 Å². The van der Waals surface area contributed by atoms with Crippen LogP contribution in [0.3, 0.4) is 0 Å². The molecule has 21 fully saturated rings. The van der Waals surface area contributed by atoms with Crippen LogP contribution in [-0.4, -0.2) is 557 Å². The zero-order valence-electron chi connectivity index (χ0n) is 67.7. The molecular weight excluding hydrogens is 1480 g/mol. The van der Waals surface area contributed by atoms with E-state index in [-0.39, 0.29) is 45.8 Å². The van der Waals surface area contributed by atoms with Gasteiger partial charge in [0.25, 0.3) is 0 Å². The maximum absolute atomic E-state index is 12.4. The molecule has 0 aromatic rings. The Kier molecular flexibility index (Phi) is 39.7. The molecule has 21 saturated heterocycles. The van der Waals surface area contributed by atoms with E-state index in [1.807, 2.05) is 133 Å². The lowest BCUT2D eigenvalue weighted by molar-refractivity contribution is -0.392. The topological polar surface area (TPSA) is 519 Å². The Morgan fingerprint density at radius 3 is 0.375 bits per heavy atom. The predicted octanol–water partition coefficient (Wildman–Crippen LogP) is -14.1. The molecule has 0 aliphatic carbocycles. The minimum absolute atomic E-state index is 0.112. The number of aliphatic hydroxyl groups is 14. The lowest BCUT2D eigenvalue weighted by Crippen LogP contribution is -2.69. The highest BCUT2D eigenvalue weighted by atomic mass is 16.8. The van der Waals surface area contributed by atoms with Crippen LogP contribution in [0.25, 0.3) is 0 Å². The predicted molar refractivity (Wildman–Crippen MR) is 399 cm³/mol. The molecule has 658 valence electrons. The molecule has 42 nitrogen and oxygen atoms in total. The molecule has 42 heteroatoms. The molecule has 35 atom stereocenters. The highest BCUT2D eigenvalue weighted by molar-refractivity contribution is 5.03. The maximum Gasteiger partial charge on any atom is 0.187 e. The molecule has 0 amide bonds. The summed E-state index contributed by atoms with van der Waals surface area (Å²) in [5.74, 6) is 0. The van der Waals surface area contributed by atoms with E-state index in [2.05, 4.69) is 37.2 Å². The molecule has 0 spiro atoms. The monoisotopic (exact) mass is 1620 g/mol. The third-order valence-electron chi connectivity index (χ3n) is 21.1. The van der Waals surface area contributed by atoms with Gasteiger partial charge in [0.05, 0.1) is 0 Å². The van der Waals surface area contributed by atoms with E-state index in [4.69, 9.17) is 66.3 Å². The van der Waals surface area contributed by atoms with E-state index in [0.29, 0.717) is 91.6 Å². The van der Waals surface area contributed by atoms with Crippen LogP contribution in [0.1, 0.15) is 0 Å². The van der Waals surface area contributed by atoms with E-state index in [1.54, 1.807) is 0 Å². The minimum Gasteiger partial charge on any atom is -0.387 e. The Hall–Kier alpha value is -1.68. The lowest BCUT2D eigenvalue weighted by atomic mass is 9.94. The molecule has 0 saturated carbocycles. The lowest BCUT2D eigenvalue weighted by Gasteiger charge is -2.50. The third-order valence-corrected chi connectivity index (χ3v) is 21.1. The number of hydrogen-bond acceptors (Lipinski definition) is 42. The van der Waals surface area contributed by atoms with Gasteiger partial charge in [-0.1, -0.05) is 0 Å². The third kappa shape index (κ3) is 26.9. The zero-order valence-corrected chi connectivity index (χ0v) is 67.7. The van der Waals surface area contributed by atoms with Crippen molar-refractivity contribution in [2.45, 2.75) is 215 Å². The number of aliphatic hydroxyl groups excluding tert-OH is 14. The van der Waals surface area contributed by atoms with Crippen LogP contribution in [-0.2, 0) is 66.3 Å². The molecular formula is C70H140N14O28. The summed E-state index contributed by atoms with van der Waals surface area (Å²) in [5, 5.41) is 195. The average molecular weight is 1630 g/mol. The van der Waals surface area contributed by atoms with Crippen molar-refractivity contribution < 1.29 is 138 Å². The highest BCUT2D eigenvalue weighted by Gasteiger charge is 2.60. The van der Waals surface area contributed by atoms with E-state index in [1.165, 1.54) is 0 Å². The fourth-order valence-electron chi connectivity index (χ4n) is 14.4. The summed E-state index contributed by atoms with van der Waals surface area (Å²) in [6.07, 6.45) is -60.8. The van der Waals surface area contributed by atoms with Crippen molar-refractivity contribution in [1.29, 1.82) is 0 Å². The summed E-state index contributed by atoms with van der Waals surface area (Å²) >= 11 is 0. The SMILES string of the molecule is CN(C)CCNC[C@H]1O[C@@H]2O[C@H]3[C@H](O)[C@@H](O)[C@@H](O[C@H]4[C@H](O)[C@@H](O)[C@@H](O[C@H]5[C@@H](O)[C@@H](O)[C@@H](O[C@H]6[C@@H](O)[C@@H](O)[C@@H](O[C@H]7[C@H](O)[C@@H](O)[C@@H](O[C@H]8[C@H](O)[C@@H](O)[C@@H](O[C@H]1[C@H](O)[C@H]2O)O[C@@H]8CNCCN(C)C)O[C@@H]7CNCCN(C)C)O[C@@H]6CNCCN(C)C)O[C@@H]5CNCCN(C)C)O[C@@H]4CNCCN(C)C)O[C@@H]3CNCCN(C)C. The quantitative estimate of drug-likeness (QED) is 0.0262. The van der Waals surface area contributed by atoms with Crippen LogP contribution in [0.4, 0.5) is 0 Å². The number of nitrogens with zero attached hydrogens (tertiary/aromatic N) is 7. The fraction of sp³-hybridized carbons (Fsp3) is 1.00. The average Bonchev–Trinajstić information content (AvgIpc) is 0.778. The maximum atomic E-state index is 12.4. The standard InChI is InChI=1S/C70H140N14O28/c1-78(2)22-15-71-29-36-57-43(85)50(92)64(99-36)107-58-37(30-72-16-23-79(3)4)101-66(52(94)45(58)87)109-60-39(32-74-18-25-81(7)8)103-68(54(96)47(60)89)111-62-41(34-76-20-27-83(11)12)105-70(56(98)49(62)91)112-63-42(35-77-21-28-84(13)14)104-69(55(97)48(63)90)110-61-40(33-75-19-26-82(9)10)102-67(53(95)46(61)88)108-59-38(31-73-17-24-80(5)6)100-65(106-57)51(93)44(59)86/h36-77,85-98H,15-35H2,1-14H3/t36-,37-,38-,39-,40-,41-,42-,43-,44-,45-,46-,47-,48+,49+,50-,51-,52-,53-,54-,55-,56-,57-,58-,59-,60-,61-,62-,63-,64-,65-,66-,67-,68-,69-,70-/m1/s1. The molecule has 21 aliphatic rings. The number of ether oxygens (including phenoxy) is 14. The molecule has 0 unspecified atom stereocenters. The minimum atomic E-state index is -2.03. The molecule has 21 heterocycles. The summed E-state index contributed by atoms with van der Waals surface area (Å²) in [6, 6.07) is 0. The van der Waals surface area contributed by atoms with Crippen molar-refractivity contribution in [3.05, 3.63) is 0 Å². The number of likely N-dealkylation sites (N-methyl/N-ethyl adjacent to an activating group) is 7. The Labute approximate surface area is 658 Å². The Morgan fingerprint density at radius 1 is 0.170 bits per heavy atom. The van der Waals surface area contributed by atoms with Crippen molar-refractivity contribution in [2.24, 2.45) is 0 Å². The molecule has 0 aromatic carbocycles.